The van der Waals surface area contributed by atoms with Crippen molar-refractivity contribution < 1.29 is 4.74 Å². The molecule has 17 heavy (non-hydrogen) atoms. The summed E-state index contributed by atoms with van der Waals surface area (Å²) in [6.07, 6.45) is 1.33. The molecule has 0 aliphatic rings. The highest BCUT2D eigenvalue weighted by molar-refractivity contribution is 6.16. The fourth-order valence-corrected chi connectivity index (χ4v) is 1.42. The number of ether oxygens (including phenoxy) is 1. The average Bonchev–Trinajstić information content (AvgIpc) is 2.38. The second-order valence-electron chi connectivity index (χ2n) is 3.16. The molecule has 0 amide bonds. The Labute approximate surface area is 102 Å². The molecule has 2 aromatic heterocycles. The van der Waals surface area contributed by atoms with Gasteiger partial charge in [-0.05, 0) is 0 Å². The van der Waals surface area contributed by atoms with Crippen LogP contribution in [-0.2, 0) is 5.88 Å². The first-order chi connectivity index (χ1) is 8.22. The molecule has 2 aromatic rings. The van der Waals surface area contributed by atoms with Gasteiger partial charge in [-0.2, -0.15) is 0 Å². The Morgan fingerprint density at radius 1 is 1.41 bits per heavy atom. The van der Waals surface area contributed by atoms with Gasteiger partial charge in [0.05, 0.1) is 18.7 Å². The first-order valence-electron chi connectivity index (χ1n) is 4.75. The SMILES string of the molecule is COc1cc(-c2nc(CCl)cc(=O)[nH]2)ncn1. The Morgan fingerprint density at radius 2 is 2.24 bits per heavy atom. The fourth-order valence-electron chi connectivity index (χ4n) is 1.28. The molecule has 0 aliphatic carbocycles. The summed E-state index contributed by atoms with van der Waals surface area (Å²) in [7, 11) is 1.50. The monoisotopic (exact) mass is 252 g/mol. The maximum Gasteiger partial charge on any atom is 0.251 e. The highest BCUT2D eigenvalue weighted by Crippen LogP contribution is 2.14. The van der Waals surface area contributed by atoms with Gasteiger partial charge in [0.1, 0.15) is 12.0 Å². The number of alkyl halides is 1. The van der Waals surface area contributed by atoms with Crippen molar-refractivity contribution in [3.05, 3.63) is 34.5 Å². The van der Waals surface area contributed by atoms with Gasteiger partial charge < -0.3 is 9.72 Å². The van der Waals surface area contributed by atoms with Crippen molar-refractivity contribution in [3.63, 3.8) is 0 Å². The third-order valence-corrected chi connectivity index (χ3v) is 2.30. The minimum Gasteiger partial charge on any atom is -0.481 e. The summed E-state index contributed by atoms with van der Waals surface area (Å²) in [6, 6.07) is 2.92. The van der Waals surface area contributed by atoms with Gasteiger partial charge in [0.15, 0.2) is 5.82 Å². The van der Waals surface area contributed by atoms with Crippen LogP contribution in [0.25, 0.3) is 11.5 Å². The number of hydrogen-bond donors (Lipinski definition) is 1. The van der Waals surface area contributed by atoms with E-state index in [9.17, 15) is 4.79 Å². The van der Waals surface area contributed by atoms with Crippen LogP contribution in [0.5, 0.6) is 5.88 Å². The molecule has 0 radical (unpaired) electrons. The molecular weight excluding hydrogens is 244 g/mol. The quantitative estimate of drug-likeness (QED) is 0.824. The number of methoxy groups -OCH3 is 1. The molecule has 0 unspecified atom stereocenters. The van der Waals surface area contributed by atoms with E-state index < -0.39 is 0 Å². The molecule has 88 valence electrons. The van der Waals surface area contributed by atoms with E-state index in [4.69, 9.17) is 16.3 Å². The van der Waals surface area contributed by atoms with E-state index in [1.165, 1.54) is 19.5 Å². The normalized spacial score (nSPS) is 10.2. The molecule has 0 saturated heterocycles. The predicted molar refractivity (Wildman–Crippen MR) is 62.0 cm³/mol. The number of aromatic nitrogens is 4. The second kappa shape index (κ2) is 4.92. The summed E-state index contributed by atoms with van der Waals surface area (Å²) >= 11 is 5.64. The van der Waals surface area contributed by atoms with Crippen molar-refractivity contribution in [2.24, 2.45) is 0 Å². The Kier molecular flexibility index (Phi) is 3.34. The van der Waals surface area contributed by atoms with Crippen molar-refractivity contribution in [2.45, 2.75) is 5.88 Å². The molecule has 0 saturated carbocycles. The zero-order chi connectivity index (χ0) is 12.3. The van der Waals surface area contributed by atoms with Gasteiger partial charge in [-0.25, -0.2) is 15.0 Å². The van der Waals surface area contributed by atoms with E-state index in [0.717, 1.165) is 0 Å². The van der Waals surface area contributed by atoms with E-state index in [0.29, 0.717) is 23.1 Å². The average molecular weight is 253 g/mol. The minimum atomic E-state index is -0.275. The summed E-state index contributed by atoms with van der Waals surface area (Å²) in [5, 5.41) is 0. The van der Waals surface area contributed by atoms with E-state index in [-0.39, 0.29) is 11.4 Å². The Morgan fingerprint density at radius 3 is 2.94 bits per heavy atom. The smallest absolute Gasteiger partial charge is 0.251 e. The van der Waals surface area contributed by atoms with Crippen LogP contribution < -0.4 is 10.3 Å². The number of hydrogen-bond acceptors (Lipinski definition) is 5. The second-order valence-corrected chi connectivity index (χ2v) is 3.43. The standard InChI is InChI=1S/C10H9ClN4O2/c1-17-9-3-7(12-5-13-9)10-14-6(4-11)2-8(16)15-10/h2-3,5H,4H2,1H3,(H,14,15,16). The van der Waals surface area contributed by atoms with Crippen molar-refractivity contribution >= 4 is 11.6 Å². The van der Waals surface area contributed by atoms with Gasteiger partial charge in [-0.1, -0.05) is 0 Å². The van der Waals surface area contributed by atoms with Crippen LogP contribution in [0.2, 0.25) is 0 Å². The van der Waals surface area contributed by atoms with Gasteiger partial charge in [0.2, 0.25) is 5.88 Å². The predicted octanol–water partition coefficient (Wildman–Crippen LogP) is 0.974. The lowest BCUT2D eigenvalue weighted by Gasteiger charge is -2.03. The molecule has 2 rings (SSSR count). The highest BCUT2D eigenvalue weighted by atomic mass is 35.5. The maximum absolute atomic E-state index is 11.4. The molecule has 0 atom stereocenters. The van der Waals surface area contributed by atoms with E-state index >= 15 is 0 Å². The summed E-state index contributed by atoms with van der Waals surface area (Å²) < 4.78 is 4.97. The molecule has 0 spiro atoms. The van der Waals surface area contributed by atoms with Crippen LogP contribution in [0.3, 0.4) is 0 Å². The topological polar surface area (TPSA) is 80.8 Å². The summed E-state index contributed by atoms with van der Waals surface area (Å²) in [6.45, 7) is 0. The van der Waals surface area contributed by atoms with Crippen molar-refractivity contribution in [2.75, 3.05) is 7.11 Å². The zero-order valence-electron chi connectivity index (χ0n) is 8.98. The first kappa shape index (κ1) is 11.5. The number of nitrogens with one attached hydrogen (secondary N) is 1. The molecule has 2 heterocycles. The molecule has 0 bridgehead atoms. The number of aromatic amines is 1. The zero-order valence-corrected chi connectivity index (χ0v) is 9.73. The van der Waals surface area contributed by atoms with Crippen LogP contribution >= 0.6 is 11.6 Å². The fraction of sp³-hybridized carbons (Fsp3) is 0.200. The van der Waals surface area contributed by atoms with Gasteiger partial charge in [0, 0.05) is 12.1 Å². The third-order valence-electron chi connectivity index (χ3n) is 2.03. The van der Waals surface area contributed by atoms with Crippen molar-refractivity contribution in [1.82, 2.24) is 19.9 Å². The van der Waals surface area contributed by atoms with E-state index in [1.54, 1.807) is 6.07 Å². The van der Waals surface area contributed by atoms with Crippen LogP contribution in [0.15, 0.2) is 23.3 Å². The number of halogens is 1. The molecular formula is C10H9ClN4O2. The van der Waals surface area contributed by atoms with E-state index in [1.807, 2.05) is 0 Å². The van der Waals surface area contributed by atoms with Crippen LogP contribution in [0.1, 0.15) is 5.69 Å². The highest BCUT2D eigenvalue weighted by Gasteiger charge is 2.06. The Bertz CT molecular complexity index is 585. The Hall–Kier alpha value is -1.95. The molecule has 6 nitrogen and oxygen atoms in total. The van der Waals surface area contributed by atoms with Gasteiger partial charge in [0.25, 0.3) is 5.56 Å². The first-order valence-corrected chi connectivity index (χ1v) is 5.29. The Balaban J connectivity index is 2.51. The van der Waals surface area contributed by atoms with Crippen LogP contribution in [0, 0.1) is 0 Å². The minimum absolute atomic E-state index is 0.166. The van der Waals surface area contributed by atoms with Crippen LogP contribution in [-0.4, -0.2) is 27.0 Å². The summed E-state index contributed by atoms with van der Waals surface area (Å²) in [5.41, 5.74) is 0.687. The molecule has 0 fully saturated rings. The molecule has 0 aliphatic heterocycles. The lowest BCUT2D eigenvalue weighted by molar-refractivity contribution is 0.397. The summed E-state index contributed by atoms with van der Waals surface area (Å²) in [5.74, 6) is 0.904. The van der Waals surface area contributed by atoms with Crippen molar-refractivity contribution in [1.29, 1.82) is 0 Å². The summed E-state index contributed by atoms with van der Waals surface area (Å²) in [4.78, 5) is 26.0. The largest absolute Gasteiger partial charge is 0.481 e. The lowest BCUT2D eigenvalue weighted by atomic mass is 10.3. The van der Waals surface area contributed by atoms with Gasteiger partial charge >= 0.3 is 0 Å². The van der Waals surface area contributed by atoms with Gasteiger partial charge in [-0.3, -0.25) is 4.79 Å². The molecule has 0 aromatic carbocycles. The van der Waals surface area contributed by atoms with Gasteiger partial charge in [-0.15, -0.1) is 11.6 Å². The number of nitrogens with zero attached hydrogens (tertiary/aromatic N) is 3. The number of H-pyrrole nitrogens is 1. The number of rotatable bonds is 3. The molecule has 1 N–H and O–H groups in total. The van der Waals surface area contributed by atoms with Crippen LogP contribution in [0.4, 0.5) is 0 Å². The van der Waals surface area contributed by atoms with Crippen molar-refractivity contribution in [3.8, 4) is 17.4 Å². The maximum atomic E-state index is 11.4. The third kappa shape index (κ3) is 2.59. The van der Waals surface area contributed by atoms with E-state index in [2.05, 4.69) is 19.9 Å². The molecule has 7 heteroatoms. The lowest BCUT2D eigenvalue weighted by Crippen LogP contribution is -2.10.